The summed E-state index contributed by atoms with van der Waals surface area (Å²) in [6.45, 7) is 4.20. The molecule has 10 rings (SSSR count). The molecule has 0 aliphatic carbocycles. The molecule has 1 N–H and O–H groups in total. The van der Waals surface area contributed by atoms with Crippen LogP contribution in [0, 0.1) is 26.0 Å². The summed E-state index contributed by atoms with van der Waals surface area (Å²) in [5, 5.41) is 14.9. The number of fused-ring (bicyclic) bond motifs is 6. The zero-order valence-electron chi connectivity index (χ0n) is 29.0. The monoisotopic (exact) mass is 861 g/mol. The SMILES string of the molecule is Cc1ccnc(-c2[c-]c(-c3cc(C)ccn3)c3c4cccc5c6ccccc6n(c3c2)c54)c1.Oc1ccccc1-c1cccc(-c2[c-]cccc2)n1.[Ir]. The summed E-state index contributed by atoms with van der Waals surface area (Å²) in [6.07, 6.45) is 3.75. The quantitative estimate of drug-likeness (QED) is 0.179. The first kappa shape index (κ1) is 33.9. The van der Waals surface area contributed by atoms with Crippen molar-refractivity contribution in [3.05, 3.63) is 175 Å². The molecule has 0 amide bonds. The van der Waals surface area contributed by atoms with Crippen molar-refractivity contribution >= 4 is 38.1 Å². The third kappa shape index (κ3) is 6.12. The molecule has 0 spiro atoms. The first-order valence-corrected chi connectivity index (χ1v) is 17.3. The van der Waals surface area contributed by atoms with Gasteiger partial charge in [-0.05, 0) is 66.8 Å². The van der Waals surface area contributed by atoms with Gasteiger partial charge in [-0.15, -0.1) is 42.0 Å². The van der Waals surface area contributed by atoms with Gasteiger partial charge in [-0.3, -0.25) is 15.0 Å². The van der Waals surface area contributed by atoms with Gasteiger partial charge in [-0.25, -0.2) is 0 Å². The number of aromatic hydroxyl groups is 1. The maximum absolute atomic E-state index is 9.88. The Morgan fingerprint density at radius 1 is 0.566 bits per heavy atom. The summed E-state index contributed by atoms with van der Waals surface area (Å²) in [5.74, 6) is 0.240. The van der Waals surface area contributed by atoms with E-state index in [4.69, 9.17) is 4.98 Å². The number of phenolic OH excluding ortho intramolecular Hbond substituents is 1. The van der Waals surface area contributed by atoms with Gasteiger partial charge in [0.2, 0.25) is 0 Å². The summed E-state index contributed by atoms with van der Waals surface area (Å²) in [5.41, 5.74) is 13.2. The zero-order chi connectivity index (χ0) is 35.2. The Bertz CT molecular complexity index is 2900. The first-order chi connectivity index (χ1) is 25.5. The van der Waals surface area contributed by atoms with Crippen molar-refractivity contribution in [1.29, 1.82) is 0 Å². The molecule has 0 aliphatic heterocycles. The van der Waals surface area contributed by atoms with Crippen LogP contribution in [0.25, 0.3) is 83.1 Å². The van der Waals surface area contributed by atoms with E-state index >= 15 is 0 Å². The molecule has 5 nitrogen and oxygen atoms in total. The van der Waals surface area contributed by atoms with Crippen LogP contribution in [0.3, 0.4) is 0 Å². The zero-order valence-corrected chi connectivity index (χ0v) is 31.4. The van der Waals surface area contributed by atoms with Crippen LogP contribution in [-0.4, -0.2) is 24.5 Å². The molecule has 0 fully saturated rings. The second kappa shape index (κ2) is 14.1. The molecule has 5 heterocycles. The van der Waals surface area contributed by atoms with Crippen molar-refractivity contribution in [3.8, 4) is 50.8 Å². The molecule has 0 saturated heterocycles. The molecule has 1 radical (unpaired) electrons. The van der Waals surface area contributed by atoms with Gasteiger partial charge in [-0.2, -0.15) is 0 Å². The third-order valence-electron chi connectivity index (χ3n) is 9.53. The standard InChI is InChI=1S/C30H20N3.C17H12NO.Ir/c1-18-10-12-31-25(14-18)20-16-24(26-15-19(2)11-13-32-26)29-23-8-5-7-22-21-6-3-4-9-27(21)33(30(22)23)28(29)17-20;19-17-12-5-4-9-14(17)16-11-6-10-15(18-16)13-7-2-1-3-8-13;/h3-15,17H,1-2H3;1-7,9-12,19H;/q2*-1;. The number of hydrogen-bond acceptors (Lipinski definition) is 4. The number of para-hydroxylation sites is 3. The summed E-state index contributed by atoms with van der Waals surface area (Å²) in [4.78, 5) is 14.0. The topological polar surface area (TPSA) is 63.3 Å². The molecule has 5 aromatic carbocycles. The molecule has 5 aromatic heterocycles. The van der Waals surface area contributed by atoms with Crippen LogP contribution in [-0.2, 0) is 20.1 Å². The van der Waals surface area contributed by atoms with E-state index in [1.54, 1.807) is 12.1 Å². The van der Waals surface area contributed by atoms with Gasteiger partial charge in [0.25, 0.3) is 0 Å². The summed E-state index contributed by atoms with van der Waals surface area (Å²) >= 11 is 0. The molecule has 0 bridgehead atoms. The van der Waals surface area contributed by atoms with Gasteiger partial charge in [0, 0.05) is 60.2 Å². The van der Waals surface area contributed by atoms with E-state index in [2.05, 4.69) is 101 Å². The number of phenols is 1. The van der Waals surface area contributed by atoms with Crippen molar-refractivity contribution in [3.63, 3.8) is 0 Å². The number of pyridine rings is 3. The van der Waals surface area contributed by atoms with Gasteiger partial charge >= 0.3 is 0 Å². The van der Waals surface area contributed by atoms with Crippen LogP contribution in [0.2, 0.25) is 0 Å². The van der Waals surface area contributed by atoms with E-state index < -0.39 is 0 Å². The normalized spacial score (nSPS) is 11.1. The van der Waals surface area contributed by atoms with Gasteiger partial charge < -0.3 is 9.51 Å². The van der Waals surface area contributed by atoms with Gasteiger partial charge in [-0.1, -0.05) is 107 Å². The summed E-state index contributed by atoms with van der Waals surface area (Å²) in [7, 11) is 0. The van der Waals surface area contributed by atoms with Crippen molar-refractivity contribution in [2.75, 3.05) is 0 Å². The van der Waals surface area contributed by atoms with Crippen LogP contribution in [0.1, 0.15) is 11.1 Å². The van der Waals surface area contributed by atoms with Crippen LogP contribution < -0.4 is 0 Å². The average molecular weight is 861 g/mol. The number of rotatable bonds is 4. The molecule has 257 valence electrons. The Hall–Kier alpha value is -6.20. The van der Waals surface area contributed by atoms with Gasteiger partial charge in [0.1, 0.15) is 5.75 Å². The smallest absolute Gasteiger partial charge is 0.124 e. The fourth-order valence-electron chi connectivity index (χ4n) is 7.15. The predicted molar refractivity (Wildman–Crippen MR) is 211 cm³/mol. The number of nitrogens with zero attached hydrogens (tertiary/aromatic N) is 4. The molecule has 53 heavy (non-hydrogen) atoms. The van der Waals surface area contributed by atoms with E-state index in [-0.39, 0.29) is 25.9 Å². The minimum Gasteiger partial charge on any atom is -0.507 e. The fourth-order valence-corrected chi connectivity index (χ4v) is 7.15. The van der Waals surface area contributed by atoms with E-state index in [9.17, 15) is 5.11 Å². The maximum atomic E-state index is 9.88. The van der Waals surface area contributed by atoms with Crippen molar-refractivity contribution in [1.82, 2.24) is 19.4 Å². The maximum Gasteiger partial charge on any atom is 0.124 e. The van der Waals surface area contributed by atoms with Crippen LogP contribution >= 0.6 is 0 Å². The average Bonchev–Trinajstić information content (AvgIpc) is 3.71. The predicted octanol–water partition coefficient (Wildman–Crippen LogP) is 11.3. The van der Waals surface area contributed by atoms with Crippen molar-refractivity contribution in [2.24, 2.45) is 0 Å². The molecule has 0 saturated carbocycles. The van der Waals surface area contributed by atoms with Crippen molar-refractivity contribution in [2.45, 2.75) is 13.8 Å². The number of aromatic nitrogens is 4. The molecule has 0 atom stereocenters. The van der Waals surface area contributed by atoms with E-state index in [1.165, 1.54) is 43.7 Å². The molecule has 0 unspecified atom stereocenters. The summed E-state index contributed by atoms with van der Waals surface area (Å²) in [6, 6.07) is 53.4. The minimum atomic E-state index is 0. The first-order valence-electron chi connectivity index (χ1n) is 17.3. The Kier molecular flexibility index (Phi) is 9.01. The van der Waals surface area contributed by atoms with Crippen LogP contribution in [0.5, 0.6) is 5.75 Å². The molecule has 6 heteroatoms. The number of aryl methyl sites for hydroxylation is 2. The Labute approximate surface area is 321 Å². The molecule has 0 aliphatic rings. The van der Waals surface area contributed by atoms with Crippen LogP contribution in [0.4, 0.5) is 0 Å². The second-order valence-electron chi connectivity index (χ2n) is 13.0. The van der Waals surface area contributed by atoms with Crippen molar-refractivity contribution < 1.29 is 25.2 Å². The number of benzene rings is 5. The van der Waals surface area contributed by atoms with E-state index in [0.717, 1.165) is 50.5 Å². The Morgan fingerprint density at radius 2 is 1.25 bits per heavy atom. The van der Waals surface area contributed by atoms with Gasteiger partial charge in [0.05, 0.1) is 16.7 Å². The number of hydrogen-bond donors (Lipinski definition) is 1. The molecule has 10 aromatic rings. The Morgan fingerprint density at radius 3 is 2.04 bits per heavy atom. The molecular weight excluding hydrogens is 829 g/mol. The van der Waals surface area contributed by atoms with E-state index in [1.807, 2.05) is 79.1 Å². The third-order valence-corrected chi connectivity index (χ3v) is 9.53. The summed E-state index contributed by atoms with van der Waals surface area (Å²) < 4.78 is 2.40. The fraction of sp³-hybridized carbons (Fsp3) is 0.0426. The van der Waals surface area contributed by atoms with E-state index in [0.29, 0.717) is 0 Å². The van der Waals surface area contributed by atoms with Gasteiger partial charge in [0.15, 0.2) is 0 Å². The minimum absolute atomic E-state index is 0. The molecular formula is C47H32IrN4O-2. The largest absolute Gasteiger partial charge is 0.507 e. The second-order valence-corrected chi connectivity index (χ2v) is 13.0. The van der Waals surface area contributed by atoms with Crippen LogP contribution in [0.15, 0.2) is 152 Å². The Balaban J connectivity index is 0.000000171.